The summed E-state index contributed by atoms with van der Waals surface area (Å²) in [6, 6.07) is 4.27. The first kappa shape index (κ1) is 15.4. The first-order valence-electron chi connectivity index (χ1n) is 6.60. The van der Waals surface area contributed by atoms with Gasteiger partial charge in [-0.2, -0.15) is 13.2 Å². The Morgan fingerprint density at radius 3 is 2.55 bits per heavy atom. The molecule has 2 N–H and O–H groups in total. The summed E-state index contributed by atoms with van der Waals surface area (Å²) in [5, 5.41) is -0.268. The number of nitrogens with zero attached hydrogens (tertiary/aromatic N) is 1. The Kier molecular flexibility index (Phi) is 4.21. The SMILES string of the molecule is CC1C(N)CCN(c2ccc(Cl)c(C(F)(F)F)c2)C1C. The smallest absolute Gasteiger partial charge is 0.368 e. The molecule has 2 rings (SSSR count). The van der Waals surface area contributed by atoms with E-state index < -0.39 is 11.7 Å². The molecule has 20 heavy (non-hydrogen) atoms. The lowest BCUT2D eigenvalue weighted by atomic mass is 9.87. The first-order valence-corrected chi connectivity index (χ1v) is 6.98. The van der Waals surface area contributed by atoms with E-state index in [1.54, 1.807) is 6.07 Å². The van der Waals surface area contributed by atoms with Gasteiger partial charge in [-0.1, -0.05) is 18.5 Å². The van der Waals surface area contributed by atoms with E-state index in [1.165, 1.54) is 6.07 Å². The van der Waals surface area contributed by atoms with Gasteiger partial charge < -0.3 is 10.6 Å². The largest absolute Gasteiger partial charge is 0.417 e. The lowest BCUT2D eigenvalue weighted by Gasteiger charge is -2.43. The Hall–Kier alpha value is -0.940. The predicted molar refractivity (Wildman–Crippen MR) is 75.0 cm³/mol. The number of hydrogen-bond donors (Lipinski definition) is 1. The number of halogens is 4. The molecular formula is C14H18ClF3N2. The fourth-order valence-corrected chi connectivity index (χ4v) is 2.89. The van der Waals surface area contributed by atoms with Crippen LogP contribution in [-0.2, 0) is 6.18 Å². The Balaban J connectivity index is 2.34. The van der Waals surface area contributed by atoms with Crippen molar-refractivity contribution in [2.45, 2.75) is 38.5 Å². The molecular weight excluding hydrogens is 289 g/mol. The van der Waals surface area contributed by atoms with Crippen molar-refractivity contribution in [1.29, 1.82) is 0 Å². The van der Waals surface area contributed by atoms with Gasteiger partial charge in [0.1, 0.15) is 0 Å². The minimum absolute atomic E-state index is 0.0932. The van der Waals surface area contributed by atoms with Crippen LogP contribution >= 0.6 is 11.6 Å². The number of piperidine rings is 1. The van der Waals surface area contributed by atoms with Crippen LogP contribution in [0.3, 0.4) is 0 Å². The second kappa shape index (κ2) is 5.45. The molecule has 1 aromatic rings. The van der Waals surface area contributed by atoms with Gasteiger partial charge in [-0.05, 0) is 37.5 Å². The van der Waals surface area contributed by atoms with Gasteiger partial charge in [-0.25, -0.2) is 0 Å². The number of rotatable bonds is 1. The van der Waals surface area contributed by atoms with Crippen molar-refractivity contribution in [3.05, 3.63) is 28.8 Å². The fourth-order valence-electron chi connectivity index (χ4n) is 2.67. The Bertz CT molecular complexity index is 490. The molecule has 2 nitrogen and oxygen atoms in total. The van der Waals surface area contributed by atoms with Crippen molar-refractivity contribution in [2.75, 3.05) is 11.4 Å². The Labute approximate surface area is 121 Å². The van der Waals surface area contributed by atoms with E-state index in [0.717, 1.165) is 12.5 Å². The molecule has 0 radical (unpaired) electrons. The van der Waals surface area contributed by atoms with Crippen molar-refractivity contribution in [3.63, 3.8) is 0 Å². The molecule has 1 aromatic carbocycles. The first-order chi connectivity index (χ1) is 9.21. The number of benzene rings is 1. The second-order valence-electron chi connectivity index (χ2n) is 5.41. The van der Waals surface area contributed by atoms with Crippen LogP contribution in [0, 0.1) is 5.92 Å². The lowest BCUT2D eigenvalue weighted by Crippen LogP contribution is -2.51. The number of alkyl halides is 3. The summed E-state index contributed by atoms with van der Waals surface area (Å²) in [7, 11) is 0. The molecule has 1 aliphatic rings. The monoisotopic (exact) mass is 306 g/mol. The van der Waals surface area contributed by atoms with Gasteiger partial charge in [0.2, 0.25) is 0 Å². The third-order valence-electron chi connectivity index (χ3n) is 4.22. The van der Waals surface area contributed by atoms with Gasteiger partial charge in [0.05, 0.1) is 10.6 Å². The minimum Gasteiger partial charge on any atom is -0.368 e. The van der Waals surface area contributed by atoms with Crippen molar-refractivity contribution in [3.8, 4) is 0 Å². The second-order valence-corrected chi connectivity index (χ2v) is 5.81. The van der Waals surface area contributed by atoms with Crippen LogP contribution in [0.2, 0.25) is 5.02 Å². The third-order valence-corrected chi connectivity index (χ3v) is 4.55. The molecule has 3 unspecified atom stereocenters. The van der Waals surface area contributed by atoms with Crippen LogP contribution in [0.1, 0.15) is 25.8 Å². The number of hydrogen-bond acceptors (Lipinski definition) is 2. The molecule has 0 spiro atoms. The predicted octanol–water partition coefficient (Wildman–Crippen LogP) is 3.92. The average molecular weight is 307 g/mol. The van der Waals surface area contributed by atoms with E-state index >= 15 is 0 Å². The highest BCUT2D eigenvalue weighted by molar-refractivity contribution is 6.31. The van der Waals surface area contributed by atoms with Crippen LogP contribution in [-0.4, -0.2) is 18.6 Å². The zero-order chi connectivity index (χ0) is 15.1. The van der Waals surface area contributed by atoms with E-state index in [4.69, 9.17) is 17.3 Å². The summed E-state index contributed by atoms with van der Waals surface area (Å²) < 4.78 is 38.7. The van der Waals surface area contributed by atoms with Crippen LogP contribution in [0.15, 0.2) is 18.2 Å². The zero-order valence-corrected chi connectivity index (χ0v) is 12.2. The van der Waals surface area contributed by atoms with Gasteiger partial charge >= 0.3 is 6.18 Å². The van der Waals surface area contributed by atoms with Crippen molar-refractivity contribution in [2.24, 2.45) is 11.7 Å². The molecule has 0 bridgehead atoms. The molecule has 1 saturated heterocycles. The standard InChI is InChI=1S/C14H18ClF3N2/c1-8-9(2)20(6-5-13(8)19)10-3-4-12(15)11(7-10)14(16,17)18/h3-4,7-9,13H,5-6,19H2,1-2H3. The highest BCUT2D eigenvalue weighted by Gasteiger charge is 2.35. The molecule has 1 fully saturated rings. The van der Waals surface area contributed by atoms with E-state index in [1.807, 2.05) is 18.7 Å². The van der Waals surface area contributed by atoms with Crippen LogP contribution in [0.5, 0.6) is 0 Å². The minimum atomic E-state index is -4.44. The average Bonchev–Trinajstić information content (AvgIpc) is 2.36. The number of anilines is 1. The molecule has 3 atom stereocenters. The summed E-state index contributed by atoms with van der Waals surface area (Å²) in [4.78, 5) is 1.97. The quantitative estimate of drug-likeness (QED) is 0.852. The summed E-state index contributed by atoms with van der Waals surface area (Å²) in [5.41, 5.74) is 5.77. The molecule has 6 heteroatoms. The molecule has 1 heterocycles. The molecule has 112 valence electrons. The molecule has 0 amide bonds. The summed E-state index contributed by atoms with van der Waals surface area (Å²) in [6.07, 6.45) is -3.66. The summed E-state index contributed by atoms with van der Waals surface area (Å²) in [5.74, 6) is 0.230. The summed E-state index contributed by atoms with van der Waals surface area (Å²) >= 11 is 5.65. The Morgan fingerprint density at radius 1 is 1.30 bits per heavy atom. The zero-order valence-electron chi connectivity index (χ0n) is 11.4. The van der Waals surface area contributed by atoms with Gasteiger partial charge in [-0.15, -0.1) is 0 Å². The van der Waals surface area contributed by atoms with Crippen LogP contribution in [0.4, 0.5) is 18.9 Å². The van der Waals surface area contributed by atoms with E-state index in [9.17, 15) is 13.2 Å². The van der Waals surface area contributed by atoms with E-state index in [0.29, 0.717) is 12.2 Å². The maximum atomic E-state index is 12.9. The normalized spacial score (nSPS) is 27.8. The molecule has 0 aromatic heterocycles. The van der Waals surface area contributed by atoms with Crippen LogP contribution < -0.4 is 10.6 Å². The maximum Gasteiger partial charge on any atom is 0.417 e. The number of nitrogens with two attached hydrogens (primary N) is 1. The topological polar surface area (TPSA) is 29.3 Å². The molecule has 1 aliphatic heterocycles. The van der Waals surface area contributed by atoms with Crippen molar-refractivity contribution in [1.82, 2.24) is 0 Å². The van der Waals surface area contributed by atoms with Gasteiger partial charge in [0.25, 0.3) is 0 Å². The van der Waals surface area contributed by atoms with Crippen molar-refractivity contribution >= 4 is 17.3 Å². The van der Waals surface area contributed by atoms with Gasteiger partial charge in [0, 0.05) is 24.3 Å². The fraction of sp³-hybridized carbons (Fsp3) is 0.571. The highest BCUT2D eigenvalue weighted by Crippen LogP contribution is 2.38. The highest BCUT2D eigenvalue weighted by atomic mass is 35.5. The van der Waals surface area contributed by atoms with Crippen molar-refractivity contribution < 1.29 is 13.2 Å². The molecule has 0 aliphatic carbocycles. The van der Waals surface area contributed by atoms with E-state index in [-0.39, 0.29) is 23.0 Å². The molecule has 0 saturated carbocycles. The maximum absolute atomic E-state index is 12.9. The van der Waals surface area contributed by atoms with Gasteiger partial charge in [0.15, 0.2) is 0 Å². The summed E-state index contributed by atoms with van der Waals surface area (Å²) in [6.45, 7) is 4.68. The van der Waals surface area contributed by atoms with Crippen LogP contribution in [0.25, 0.3) is 0 Å². The third kappa shape index (κ3) is 2.88. The Morgan fingerprint density at radius 2 is 1.95 bits per heavy atom. The van der Waals surface area contributed by atoms with Gasteiger partial charge in [-0.3, -0.25) is 0 Å². The van der Waals surface area contributed by atoms with E-state index in [2.05, 4.69) is 0 Å². The lowest BCUT2D eigenvalue weighted by molar-refractivity contribution is -0.137.